The number of benzene rings is 1. The van der Waals surface area contributed by atoms with E-state index in [0.29, 0.717) is 24.2 Å². The number of alkyl halides is 2. The summed E-state index contributed by atoms with van der Waals surface area (Å²) in [5, 5.41) is 16.4. The van der Waals surface area contributed by atoms with Gasteiger partial charge in [-0.15, -0.1) is 0 Å². The van der Waals surface area contributed by atoms with E-state index in [1.807, 2.05) is 6.92 Å². The van der Waals surface area contributed by atoms with Crippen molar-refractivity contribution < 1.29 is 23.1 Å². The third kappa shape index (κ3) is 6.10. The van der Waals surface area contributed by atoms with Gasteiger partial charge < -0.3 is 15.3 Å². The lowest BCUT2D eigenvalue weighted by atomic mass is 10.0. The van der Waals surface area contributed by atoms with Gasteiger partial charge in [-0.25, -0.2) is 28.1 Å². The van der Waals surface area contributed by atoms with Crippen molar-refractivity contribution in [1.82, 2.24) is 34.6 Å². The van der Waals surface area contributed by atoms with Gasteiger partial charge in [-0.3, -0.25) is 19.4 Å². The SMILES string of the molecule is CC(c1cnc(N2CC[C@H]2CN2CC[C@H](O)C2)nc1)n1cc(NC(=O)c2cncc(-c3c(C(F)F)ccc(Cl)c3F)n2)cn1. The molecular formula is C29H29ClF3N9O2. The van der Waals surface area contributed by atoms with Crippen LogP contribution in [-0.4, -0.2) is 84.0 Å². The number of likely N-dealkylation sites (tertiary alicyclic amines) is 1. The number of aliphatic hydroxyl groups excluding tert-OH is 1. The van der Waals surface area contributed by atoms with Gasteiger partial charge in [-0.2, -0.15) is 5.10 Å². The highest BCUT2D eigenvalue weighted by Gasteiger charge is 2.33. The maximum absolute atomic E-state index is 14.7. The summed E-state index contributed by atoms with van der Waals surface area (Å²) in [4.78, 5) is 34.5. The molecule has 0 aliphatic carbocycles. The predicted octanol–water partition coefficient (Wildman–Crippen LogP) is 4.37. The summed E-state index contributed by atoms with van der Waals surface area (Å²) in [6.45, 7) is 5.29. The summed E-state index contributed by atoms with van der Waals surface area (Å²) < 4.78 is 43.5. The zero-order valence-electron chi connectivity index (χ0n) is 23.6. The predicted molar refractivity (Wildman–Crippen MR) is 156 cm³/mol. The second kappa shape index (κ2) is 12.5. The van der Waals surface area contributed by atoms with Crippen LogP contribution in [-0.2, 0) is 0 Å². The second-order valence-corrected chi connectivity index (χ2v) is 11.3. The van der Waals surface area contributed by atoms with Crippen molar-refractivity contribution in [2.45, 2.75) is 44.4 Å². The summed E-state index contributed by atoms with van der Waals surface area (Å²) in [5.74, 6) is -1.10. The summed E-state index contributed by atoms with van der Waals surface area (Å²) in [6.07, 6.45) is 7.45. The standard InChI is InChI=1S/C29H29ClF3N9O2/c1-16(17-8-35-29(36-9-17)41-7-4-19(41)14-40-6-5-20(43)15-40)42-13-18(10-37-42)38-28(44)24-12-34-11-23(39-24)25-21(27(32)33)2-3-22(30)26(25)31/h2-3,8-13,16,19-20,27,43H,4-7,14-15H2,1H3,(H,38,44)/t16?,19-,20-/m0/s1. The first kappa shape index (κ1) is 29.9. The fourth-order valence-corrected chi connectivity index (χ4v) is 5.59. The molecule has 6 rings (SSSR count). The van der Waals surface area contributed by atoms with Crippen LogP contribution in [0.2, 0.25) is 5.02 Å². The molecule has 3 atom stereocenters. The van der Waals surface area contributed by atoms with Gasteiger partial charge in [-0.1, -0.05) is 17.7 Å². The molecule has 4 aromatic rings. The maximum Gasteiger partial charge on any atom is 0.275 e. The van der Waals surface area contributed by atoms with E-state index >= 15 is 0 Å². The first-order valence-electron chi connectivity index (χ1n) is 14.1. The Morgan fingerprint density at radius 2 is 1.93 bits per heavy atom. The number of nitrogens with zero attached hydrogens (tertiary/aromatic N) is 8. The van der Waals surface area contributed by atoms with E-state index in [-0.39, 0.29) is 28.6 Å². The third-order valence-corrected chi connectivity index (χ3v) is 8.29. The minimum atomic E-state index is -2.99. The number of hydrogen-bond acceptors (Lipinski definition) is 9. The van der Waals surface area contributed by atoms with Crippen LogP contribution >= 0.6 is 11.6 Å². The van der Waals surface area contributed by atoms with Crippen LogP contribution < -0.4 is 10.2 Å². The molecule has 2 aliphatic rings. The first-order chi connectivity index (χ1) is 21.2. The number of anilines is 2. The molecule has 2 saturated heterocycles. The Morgan fingerprint density at radius 1 is 1.14 bits per heavy atom. The van der Waals surface area contributed by atoms with Gasteiger partial charge in [-0.05, 0) is 25.8 Å². The summed E-state index contributed by atoms with van der Waals surface area (Å²) in [7, 11) is 0. The maximum atomic E-state index is 14.7. The third-order valence-electron chi connectivity index (χ3n) is 8.00. The number of β-amino-alcohol motifs (C(OH)–C–C–N with tert-alkyl or cyclic N) is 1. The molecule has 0 radical (unpaired) electrons. The Bertz CT molecular complexity index is 1660. The van der Waals surface area contributed by atoms with Crippen LogP contribution in [0.1, 0.15) is 53.8 Å². The van der Waals surface area contributed by atoms with Crippen molar-refractivity contribution in [2.75, 3.05) is 36.4 Å². The number of carbonyl (C=O) groups is 1. The largest absolute Gasteiger partial charge is 0.392 e. The van der Waals surface area contributed by atoms with E-state index in [0.717, 1.165) is 62.6 Å². The van der Waals surface area contributed by atoms with Crippen molar-refractivity contribution in [1.29, 1.82) is 0 Å². The molecule has 5 heterocycles. The van der Waals surface area contributed by atoms with Crippen molar-refractivity contribution >= 4 is 29.1 Å². The lowest BCUT2D eigenvalue weighted by Gasteiger charge is -2.42. The molecule has 0 bridgehead atoms. The average Bonchev–Trinajstić information content (AvgIpc) is 3.65. The number of aliphatic hydroxyl groups is 1. The Labute approximate surface area is 255 Å². The number of halogens is 4. The number of carbonyl (C=O) groups excluding carboxylic acids is 1. The molecule has 3 aromatic heterocycles. The molecule has 1 amide bonds. The molecule has 0 spiro atoms. The number of hydrogen-bond donors (Lipinski definition) is 2. The Hall–Kier alpha value is -4.14. The summed E-state index contributed by atoms with van der Waals surface area (Å²) >= 11 is 5.82. The number of rotatable bonds is 9. The molecule has 230 valence electrons. The molecule has 2 N–H and O–H groups in total. The summed E-state index contributed by atoms with van der Waals surface area (Å²) in [6, 6.07) is 2.12. The van der Waals surface area contributed by atoms with Gasteiger partial charge in [0.1, 0.15) is 5.69 Å². The van der Waals surface area contributed by atoms with E-state index < -0.39 is 29.3 Å². The lowest BCUT2D eigenvalue weighted by molar-refractivity contribution is 0.102. The molecular weight excluding hydrogens is 599 g/mol. The Balaban J connectivity index is 1.11. The van der Waals surface area contributed by atoms with E-state index in [1.54, 1.807) is 23.3 Å². The van der Waals surface area contributed by atoms with E-state index in [4.69, 9.17) is 11.6 Å². The average molecular weight is 628 g/mol. The fraction of sp³-hybridized carbons (Fsp3) is 0.379. The molecule has 2 fully saturated rings. The molecule has 1 aromatic carbocycles. The highest BCUT2D eigenvalue weighted by Crippen LogP contribution is 2.35. The minimum Gasteiger partial charge on any atom is -0.392 e. The van der Waals surface area contributed by atoms with Crippen molar-refractivity contribution in [3.05, 3.63) is 77.0 Å². The van der Waals surface area contributed by atoms with Gasteiger partial charge in [0.25, 0.3) is 12.3 Å². The minimum absolute atomic E-state index is 0.211. The Kier molecular flexibility index (Phi) is 8.47. The molecule has 15 heteroatoms. The number of amides is 1. The molecule has 44 heavy (non-hydrogen) atoms. The van der Waals surface area contributed by atoms with Crippen molar-refractivity contribution in [2.24, 2.45) is 0 Å². The molecule has 11 nitrogen and oxygen atoms in total. The fourth-order valence-electron chi connectivity index (χ4n) is 5.43. The van der Waals surface area contributed by atoms with Crippen LogP contribution in [0, 0.1) is 5.82 Å². The quantitative estimate of drug-likeness (QED) is 0.278. The van der Waals surface area contributed by atoms with Crippen LogP contribution in [0.25, 0.3) is 11.3 Å². The van der Waals surface area contributed by atoms with Gasteiger partial charge >= 0.3 is 0 Å². The molecule has 2 aliphatic heterocycles. The van der Waals surface area contributed by atoms with Gasteiger partial charge in [0.05, 0.1) is 47.1 Å². The van der Waals surface area contributed by atoms with Gasteiger partial charge in [0.2, 0.25) is 5.95 Å². The number of aromatic nitrogens is 6. The normalized spacial score (nSPS) is 19.3. The van der Waals surface area contributed by atoms with Crippen LogP contribution in [0.15, 0.2) is 49.3 Å². The zero-order chi connectivity index (χ0) is 31.0. The van der Waals surface area contributed by atoms with E-state index in [2.05, 4.69) is 40.2 Å². The van der Waals surface area contributed by atoms with Crippen molar-refractivity contribution in [3.63, 3.8) is 0 Å². The van der Waals surface area contributed by atoms with Crippen LogP contribution in [0.3, 0.4) is 0 Å². The molecule has 0 saturated carbocycles. The second-order valence-electron chi connectivity index (χ2n) is 10.9. The van der Waals surface area contributed by atoms with Crippen LogP contribution in [0.5, 0.6) is 0 Å². The Morgan fingerprint density at radius 3 is 2.61 bits per heavy atom. The van der Waals surface area contributed by atoms with Gasteiger partial charge in [0.15, 0.2) is 5.82 Å². The number of nitrogens with one attached hydrogen (secondary N) is 1. The smallest absolute Gasteiger partial charge is 0.275 e. The van der Waals surface area contributed by atoms with E-state index in [9.17, 15) is 23.1 Å². The molecule has 1 unspecified atom stereocenters. The highest BCUT2D eigenvalue weighted by atomic mass is 35.5. The zero-order valence-corrected chi connectivity index (χ0v) is 24.4. The highest BCUT2D eigenvalue weighted by molar-refractivity contribution is 6.31. The van der Waals surface area contributed by atoms with Crippen LogP contribution in [0.4, 0.5) is 24.8 Å². The first-order valence-corrected chi connectivity index (χ1v) is 14.5. The lowest BCUT2D eigenvalue weighted by Crippen LogP contribution is -2.54. The summed E-state index contributed by atoms with van der Waals surface area (Å²) in [5.41, 5.74) is -0.424. The monoisotopic (exact) mass is 627 g/mol. The topological polar surface area (TPSA) is 125 Å². The van der Waals surface area contributed by atoms with Gasteiger partial charge in [0, 0.05) is 67.5 Å². The van der Waals surface area contributed by atoms with E-state index in [1.165, 1.54) is 6.20 Å². The van der Waals surface area contributed by atoms with Crippen molar-refractivity contribution in [3.8, 4) is 11.3 Å².